The normalized spacial score (nSPS) is 14.4. The molecule has 0 saturated heterocycles. The van der Waals surface area contributed by atoms with Crippen molar-refractivity contribution >= 4 is 23.2 Å². The zero-order valence-electron chi connectivity index (χ0n) is 12.6. The van der Waals surface area contributed by atoms with Crippen LogP contribution in [0, 0.1) is 0 Å². The molecule has 22 heavy (non-hydrogen) atoms. The molecule has 5 heteroatoms. The van der Waals surface area contributed by atoms with Crippen LogP contribution < -0.4 is 9.91 Å². The van der Waals surface area contributed by atoms with E-state index >= 15 is 0 Å². The molecule has 0 atom stereocenters. The highest BCUT2D eigenvalue weighted by molar-refractivity contribution is 6.04. The van der Waals surface area contributed by atoms with Gasteiger partial charge in [-0.15, -0.1) is 5.10 Å². The van der Waals surface area contributed by atoms with E-state index in [2.05, 4.69) is 5.10 Å². The molecule has 0 radical (unpaired) electrons. The summed E-state index contributed by atoms with van der Waals surface area (Å²) in [5.41, 5.74) is 2.63. The minimum absolute atomic E-state index is 0.0140. The third-order valence-corrected chi connectivity index (χ3v) is 3.37. The van der Waals surface area contributed by atoms with E-state index in [0.717, 1.165) is 16.9 Å². The lowest BCUT2D eigenvalue weighted by Crippen LogP contribution is -2.36. The van der Waals surface area contributed by atoms with Crippen LogP contribution in [0.25, 0.3) is 0 Å². The minimum atomic E-state index is -0.182. The first kappa shape index (κ1) is 14.1. The highest BCUT2D eigenvalue weighted by Gasteiger charge is 2.24. The fraction of sp³-hybridized carbons (Fsp3) is 0.176. The van der Waals surface area contributed by atoms with E-state index in [1.165, 1.54) is 5.01 Å². The quantitative estimate of drug-likeness (QED) is 0.874. The predicted molar refractivity (Wildman–Crippen MR) is 87.2 cm³/mol. The number of hydrogen-bond donors (Lipinski definition) is 0. The van der Waals surface area contributed by atoms with Gasteiger partial charge in [0.05, 0.1) is 5.69 Å². The van der Waals surface area contributed by atoms with Gasteiger partial charge < -0.3 is 9.64 Å². The summed E-state index contributed by atoms with van der Waals surface area (Å²) < 4.78 is 5.50. The molecule has 0 unspecified atom stereocenters. The number of amides is 1. The van der Waals surface area contributed by atoms with E-state index < -0.39 is 0 Å². The summed E-state index contributed by atoms with van der Waals surface area (Å²) in [6.07, 6.45) is 0. The van der Waals surface area contributed by atoms with Crippen LogP contribution in [0.15, 0.2) is 59.7 Å². The number of carbonyl (C=O) groups excluding carboxylic acids is 1. The molecule has 1 amide bonds. The lowest BCUT2D eigenvalue weighted by atomic mass is 10.2. The van der Waals surface area contributed by atoms with Gasteiger partial charge in [-0.1, -0.05) is 24.3 Å². The second-order valence-corrected chi connectivity index (χ2v) is 5.18. The van der Waals surface area contributed by atoms with Crippen LogP contribution in [-0.4, -0.2) is 32.5 Å². The van der Waals surface area contributed by atoms with Gasteiger partial charge in [0.25, 0.3) is 5.91 Å². The number of ether oxygens (including phenoxy) is 1. The molecule has 2 aromatic rings. The van der Waals surface area contributed by atoms with Gasteiger partial charge in [-0.2, -0.15) is 5.01 Å². The summed E-state index contributed by atoms with van der Waals surface area (Å²) in [7, 11) is 3.95. The largest absolute Gasteiger partial charge is 0.466 e. The van der Waals surface area contributed by atoms with Crippen molar-refractivity contribution in [1.82, 2.24) is 0 Å². The molecular formula is C17H17N3O2. The second-order valence-electron chi connectivity index (χ2n) is 5.18. The lowest BCUT2D eigenvalue weighted by Gasteiger charge is -2.24. The Hall–Kier alpha value is -2.82. The lowest BCUT2D eigenvalue weighted by molar-refractivity contribution is -0.121. The molecule has 1 aliphatic rings. The third kappa shape index (κ3) is 2.79. The highest BCUT2D eigenvalue weighted by atomic mass is 16.5. The number of carbonyl (C=O) groups is 1. The number of benzene rings is 2. The number of nitrogens with zero attached hydrogens (tertiary/aromatic N) is 3. The van der Waals surface area contributed by atoms with Gasteiger partial charge in [-0.25, -0.2) is 0 Å². The Balaban J connectivity index is 1.97. The zero-order chi connectivity index (χ0) is 15.5. The molecule has 5 nitrogen and oxygen atoms in total. The molecule has 1 aliphatic heterocycles. The first-order valence-electron chi connectivity index (χ1n) is 7.02. The van der Waals surface area contributed by atoms with Gasteiger partial charge in [-0.3, -0.25) is 4.79 Å². The summed E-state index contributed by atoms with van der Waals surface area (Å²) in [6, 6.07) is 17.2. The van der Waals surface area contributed by atoms with Gasteiger partial charge in [0.2, 0.25) is 5.90 Å². The fourth-order valence-corrected chi connectivity index (χ4v) is 2.20. The second kappa shape index (κ2) is 5.89. The number of para-hydroxylation sites is 1. The van der Waals surface area contributed by atoms with E-state index in [4.69, 9.17) is 4.74 Å². The Morgan fingerprint density at radius 2 is 1.86 bits per heavy atom. The Morgan fingerprint density at radius 1 is 1.09 bits per heavy atom. The monoisotopic (exact) mass is 295 g/mol. The van der Waals surface area contributed by atoms with Gasteiger partial charge >= 0.3 is 0 Å². The van der Waals surface area contributed by atoms with Crippen molar-refractivity contribution in [1.29, 1.82) is 0 Å². The first-order chi connectivity index (χ1) is 10.6. The summed E-state index contributed by atoms with van der Waals surface area (Å²) >= 11 is 0. The van der Waals surface area contributed by atoms with Crippen molar-refractivity contribution in [2.75, 3.05) is 30.6 Å². The van der Waals surface area contributed by atoms with Gasteiger partial charge in [0, 0.05) is 25.3 Å². The smallest absolute Gasteiger partial charge is 0.285 e. The molecule has 0 fully saturated rings. The summed E-state index contributed by atoms with van der Waals surface area (Å²) in [5.74, 6) is 0.269. The Morgan fingerprint density at radius 3 is 2.59 bits per heavy atom. The van der Waals surface area contributed by atoms with E-state index in [1.54, 1.807) is 0 Å². The molecule has 3 rings (SSSR count). The zero-order valence-corrected chi connectivity index (χ0v) is 12.6. The predicted octanol–water partition coefficient (Wildman–Crippen LogP) is 2.48. The number of hydrazone groups is 1. The standard InChI is InChI=1S/C17H17N3O2/c1-19(2)15-10-6-7-13(11-15)17-18-20(16(21)12-22-17)14-8-4-3-5-9-14/h3-11H,12H2,1-2H3. The molecular weight excluding hydrogens is 278 g/mol. The van der Waals surface area contributed by atoms with Crippen LogP contribution in [0.2, 0.25) is 0 Å². The molecule has 0 aliphatic carbocycles. The molecule has 112 valence electrons. The Bertz CT molecular complexity index is 711. The molecule has 1 heterocycles. The van der Waals surface area contributed by atoms with Crippen molar-refractivity contribution in [3.63, 3.8) is 0 Å². The first-order valence-corrected chi connectivity index (χ1v) is 7.02. The van der Waals surface area contributed by atoms with E-state index in [0.29, 0.717) is 5.90 Å². The fourth-order valence-electron chi connectivity index (χ4n) is 2.20. The van der Waals surface area contributed by atoms with Crippen molar-refractivity contribution in [3.05, 3.63) is 60.2 Å². The molecule has 0 N–H and O–H groups in total. The third-order valence-electron chi connectivity index (χ3n) is 3.37. The van der Waals surface area contributed by atoms with Crippen molar-refractivity contribution in [2.24, 2.45) is 5.10 Å². The van der Waals surface area contributed by atoms with Crippen LogP contribution in [0.3, 0.4) is 0 Å². The average molecular weight is 295 g/mol. The summed E-state index contributed by atoms with van der Waals surface area (Å²) in [4.78, 5) is 14.0. The van der Waals surface area contributed by atoms with Crippen LogP contribution >= 0.6 is 0 Å². The number of rotatable bonds is 3. The van der Waals surface area contributed by atoms with Crippen molar-refractivity contribution < 1.29 is 9.53 Å². The van der Waals surface area contributed by atoms with Crippen LogP contribution in [0.1, 0.15) is 5.56 Å². The number of anilines is 2. The highest BCUT2D eigenvalue weighted by Crippen LogP contribution is 2.20. The molecule has 0 aromatic heterocycles. The van der Waals surface area contributed by atoms with E-state index in [1.807, 2.05) is 73.6 Å². The minimum Gasteiger partial charge on any atom is -0.466 e. The van der Waals surface area contributed by atoms with E-state index in [-0.39, 0.29) is 12.5 Å². The van der Waals surface area contributed by atoms with Gasteiger partial charge in [-0.05, 0) is 30.3 Å². The molecule has 0 bridgehead atoms. The molecule has 0 saturated carbocycles. The number of hydrogen-bond acceptors (Lipinski definition) is 4. The van der Waals surface area contributed by atoms with Crippen molar-refractivity contribution in [2.45, 2.75) is 0 Å². The Kier molecular flexibility index (Phi) is 3.78. The Labute approximate surface area is 129 Å². The maximum Gasteiger partial charge on any atom is 0.285 e. The summed E-state index contributed by atoms with van der Waals surface area (Å²) in [6.45, 7) is -0.0140. The van der Waals surface area contributed by atoms with E-state index in [9.17, 15) is 4.79 Å². The van der Waals surface area contributed by atoms with Crippen LogP contribution in [-0.2, 0) is 9.53 Å². The topological polar surface area (TPSA) is 45.1 Å². The SMILES string of the molecule is CN(C)c1cccc(C2=NN(c3ccccc3)C(=O)CO2)c1. The molecule has 2 aromatic carbocycles. The van der Waals surface area contributed by atoms with Crippen LogP contribution in [0.5, 0.6) is 0 Å². The maximum absolute atomic E-state index is 12.0. The summed E-state index contributed by atoms with van der Waals surface area (Å²) in [5, 5.41) is 5.75. The molecule has 0 spiro atoms. The van der Waals surface area contributed by atoms with Gasteiger partial charge in [0.1, 0.15) is 0 Å². The van der Waals surface area contributed by atoms with Crippen LogP contribution in [0.4, 0.5) is 11.4 Å². The van der Waals surface area contributed by atoms with Crippen molar-refractivity contribution in [3.8, 4) is 0 Å². The maximum atomic E-state index is 12.0. The van der Waals surface area contributed by atoms with Gasteiger partial charge in [0.15, 0.2) is 6.61 Å². The average Bonchev–Trinajstić information content (AvgIpc) is 2.56.